The maximum atomic E-state index is 12.4. The summed E-state index contributed by atoms with van der Waals surface area (Å²) in [5, 5.41) is 4.00. The van der Waals surface area contributed by atoms with Gasteiger partial charge in [-0.2, -0.15) is 5.10 Å². The summed E-state index contributed by atoms with van der Waals surface area (Å²) in [6.45, 7) is 8.61. The number of carbonyl (C=O) groups is 1. The Morgan fingerprint density at radius 3 is 2.55 bits per heavy atom. The van der Waals surface area contributed by atoms with Gasteiger partial charge in [0.25, 0.3) is 11.5 Å². The van der Waals surface area contributed by atoms with Gasteiger partial charge in [-0.1, -0.05) is 29.8 Å². The first-order valence-corrected chi connectivity index (χ1v) is 10.9. The van der Waals surface area contributed by atoms with Crippen LogP contribution in [0.25, 0.3) is 0 Å². The Morgan fingerprint density at radius 1 is 1.09 bits per heavy atom. The summed E-state index contributed by atoms with van der Waals surface area (Å²) in [7, 11) is 0. The number of aromatic nitrogens is 1. The highest BCUT2D eigenvalue weighted by Crippen LogP contribution is 2.29. The van der Waals surface area contributed by atoms with Crippen molar-refractivity contribution in [1.29, 1.82) is 0 Å². The number of carbonyl (C=O) groups excluding carboxylic acids is 1. The van der Waals surface area contributed by atoms with Crippen molar-refractivity contribution in [1.82, 2.24) is 9.99 Å². The molecule has 0 aliphatic heterocycles. The van der Waals surface area contributed by atoms with Gasteiger partial charge in [0.15, 0.2) is 11.5 Å². The summed E-state index contributed by atoms with van der Waals surface area (Å²) in [5.41, 5.74) is 5.08. The van der Waals surface area contributed by atoms with Crippen molar-refractivity contribution in [3.05, 3.63) is 93.4 Å². The molecule has 1 amide bonds. The molecule has 1 N–H and O–H groups in total. The fourth-order valence-corrected chi connectivity index (χ4v) is 3.15. The van der Waals surface area contributed by atoms with E-state index in [-0.39, 0.29) is 17.2 Å². The number of amides is 1. The van der Waals surface area contributed by atoms with Crippen LogP contribution in [0.2, 0.25) is 0 Å². The van der Waals surface area contributed by atoms with E-state index in [0.29, 0.717) is 30.3 Å². The Kier molecular flexibility index (Phi) is 8.02. The van der Waals surface area contributed by atoms with Crippen LogP contribution < -0.4 is 20.5 Å². The number of ether oxygens (including phenoxy) is 2. The first kappa shape index (κ1) is 23.8. The third-order valence-corrected chi connectivity index (χ3v) is 4.94. The van der Waals surface area contributed by atoms with E-state index in [1.54, 1.807) is 24.4 Å². The molecule has 2 aromatic carbocycles. The first-order chi connectivity index (χ1) is 15.9. The number of pyridine rings is 1. The van der Waals surface area contributed by atoms with Gasteiger partial charge in [-0.25, -0.2) is 5.43 Å². The summed E-state index contributed by atoms with van der Waals surface area (Å²) in [6.07, 6.45) is 3.15. The number of hydrogen-bond acceptors (Lipinski definition) is 5. The zero-order valence-corrected chi connectivity index (χ0v) is 19.4. The van der Waals surface area contributed by atoms with Crippen molar-refractivity contribution in [2.24, 2.45) is 5.10 Å². The van der Waals surface area contributed by atoms with Crippen LogP contribution in [-0.2, 0) is 6.61 Å². The van der Waals surface area contributed by atoms with Crippen LogP contribution in [0.5, 0.6) is 11.5 Å². The van der Waals surface area contributed by atoms with Crippen molar-refractivity contribution in [2.45, 2.75) is 40.3 Å². The van der Waals surface area contributed by atoms with Crippen molar-refractivity contribution in [3.63, 3.8) is 0 Å². The van der Waals surface area contributed by atoms with Gasteiger partial charge in [0.2, 0.25) is 0 Å². The molecule has 3 aromatic rings. The minimum Gasteiger partial charge on any atom is -0.490 e. The second-order valence-electron chi connectivity index (χ2n) is 7.84. The molecule has 0 atom stereocenters. The largest absolute Gasteiger partial charge is 0.490 e. The molecule has 0 radical (unpaired) electrons. The van der Waals surface area contributed by atoms with Gasteiger partial charge in [-0.15, -0.1) is 0 Å². The number of aryl methyl sites for hydroxylation is 1. The molecule has 0 aliphatic carbocycles. The zero-order chi connectivity index (χ0) is 23.8. The zero-order valence-electron chi connectivity index (χ0n) is 19.4. The predicted octanol–water partition coefficient (Wildman–Crippen LogP) is 4.48. The monoisotopic (exact) mass is 447 g/mol. The third-order valence-electron chi connectivity index (χ3n) is 4.94. The van der Waals surface area contributed by atoms with Gasteiger partial charge in [-0.3, -0.25) is 9.59 Å². The standard InChI is InChI=1S/C26H29N3O4/c1-5-32-24-15-21(12-13-23(24)33-17-20-10-8-19(4)9-11-20)16-27-28-25(30)22-7-6-14-29(18(2)3)26(22)31/h6-16,18H,5,17H2,1-4H3,(H,28,30)/b27-16-. The van der Waals surface area contributed by atoms with Gasteiger partial charge in [0.1, 0.15) is 12.2 Å². The summed E-state index contributed by atoms with van der Waals surface area (Å²) in [6, 6.07) is 16.7. The lowest BCUT2D eigenvalue weighted by Crippen LogP contribution is -2.31. The number of hydrazone groups is 1. The second-order valence-corrected chi connectivity index (χ2v) is 7.84. The van der Waals surface area contributed by atoms with Crippen LogP contribution in [0.1, 0.15) is 53.9 Å². The van der Waals surface area contributed by atoms with Gasteiger partial charge >= 0.3 is 0 Å². The summed E-state index contributed by atoms with van der Waals surface area (Å²) in [5.74, 6) is 0.647. The van der Waals surface area contributed by atoms with Crippen LogP contribution in [0.15, 0.2) is 70.7 Å². The molecule has 0 fully saturated rings. The molecule has 1 aromatic heterocycles. The van der Waals surface area contributed by atoms with Crippen LogP contribution in [0, 0.1) is 6.92 Å². The molecule has 7 heteroatoms. The molecular weight excluding hydrogens is 418 g/mol. The molecule has 0 aliphatic rings. The fourth-order valence-electron chi connectivity index (χ4n) is 3.15. The molecule has 0 saturated heterocycles. The Balaban J connectivity index is 1.68. The molecule has 172 valence electrons. The molecule has 1 heterocycles. The maximum absolute atomic E-state index is 12.4. The van der Waals surface area contributed by atoms with E-state index >= 15 is 0 Å². The summed E-state index contributed by atoms with van der Waals surface area (Å²) in [4.78, 5) is 24.9. The average Bonchev–Trinajstić information content (AvgIpc) is 2.79. The Morgan fingerprint density at radius 2 is 1.85 bits per heavy atom. The minimum atomic E-state index is -0.561. The summed E-state index contributed by atoms with van der Waals surface area (Å²) < 4.78 is 13.2. The third kappa shape index (κ3) is 6.32. The second kappa shape index (κ2) is 11.1. The topological polar surface area (TPSA) is 81.9 Å². The van der Waals surface area contributed by atoms with Gasteiger partial charge < -0.3 is 14.0 Å². The highest BCUT2D eigenvalue weighted by Gasteiger charge is 2.13. The lowest BCUT2D eigenvalue weighted by molar-refractivity contribution is 0.0953. The fraction of sp³-hybridized carbons (Fsp3) is 0.269. The van der Waals surface area contributed by atoms with Crippen molar-refractivity contribution < 1.29 is 14.3 Å². The van der Waals surface area contributed by atoms with Crippen molar-refractivity contribution >= 4 is 12.1 Å². The quantitative estimate of drug-likeness (QED) is 0.387. The van der Waals surface area contributed by atoms with E-state index in [0.717, 1.165) is 5.56 Å². The van der Waals surface area contributed by atoms with Crippen LogP contribution in [0.3, 0.4) is 0 Å². The highest BCUT2D eigenvalue weighted by molar-refractivity contribution is 5.94. The maximum Gasteiger partial charge on any atom is 0.276 e. The van der Waals surface area contributed by atoms with E-state index in [1.165, 1.54) is 22.4 Å². The van der Waals surface area contributed by atoms with Crippen molar-refractivity contribution in [2.75, 3.05) is 6.61 Å². The van der Waals surface area contributed by atoms with Crippen LogP contribution >= 0.6 is 0 Å². The van der Waals surface area contributed by atoms with Gasteiger partial charge in [0, 0.05) is 12.2 Å². The van der Waals surface area contributed by atoms with Gasteiger partial charge in [-0.05, 0) is 69.2 Å². The average molecular weight is 448 g/mol. The molecular formula is C26H29N3O4. The smallest absolute Gasteiger partial charge is 0.276 e. The first-order valence-electron chi connectivity index (χ1n) is 10.9. The SMILES string of the molecule is CCOc1cc(/C=N\NC(=O)c2cccn(C(C)C)c2=O)ccc1OCc1ccc(C)cc1. The Bertz CT molecular complexity index is 1180. The van der Waals surface area contributed by atoms with E-state index in [4.69, 9.17) is 9.47 Å². The van der Waals surface area contributed by atoms with E-state index in [2.05, 4.69) is 10.5 Å². The number of nitrogens with zero attached hydrogens (tertiary/aromatic N) is 2. The molecule has 0 saturated carbocycles. The number of benzene rings is 2. The van der Waals surface area contributed by atoms with Gasteiger partial charge in [0.05, 0.1) is 12.8 Å². The summed E-state index contributed by atoms with van der Waals surface area (Å²) >= 11 is 0. The van der Waals surface area contributed by atoms with E-state index in [1.807, 2.05) is 58.0 Å². The lowest BCUT2D eigenvalue weighted by atomic mass is 10.2. The van der Waals surface area contributed by atoms with Crippen LogP contribution in [0.4, 0.5) is 0 Å². The predicted molar refractivity (Wildman–Crippen MR) is 129 cm³/mol. The number of hydrogen-bond donors (Lipinski definition) is 1. The Labute approximate surface area is 193 Å². The highest BCUT2D eigenvalue weighted by atomic mass is 16.5. The van der Waals surface area contributed by atoms with E-state index < -0.39 is 5.91 Å². The molecule has 0 bridgehead atoms. The number of nitrogens with one attached hydrogen (secondary N) is 1. The lowest BCUT2D eigenvalue weighted by Gasteiger charge is -2.13. The molecule has 0 spiro atoms. The number of rotatable bonds is 9. The molecule has 3 rings (SSSR count). The molecule has 7 nitrogen and oxygen atoms in total. The van der Waals surface area contributed by atoms with Crippen LogP contribution in [-0.4, -0.2) is 23.3 Å². The normalized spacial score (nSPS) is 11.1. The molecule has 0 unspecified atom stereocenters. The molecule has 33 heavy (non-hydrogen) atoms. The minimum absolute atomic E-state index is 0.0400. The van der Waals surface area contributed by atoms with E-state index in [9.17, 15) is 9.59 Å². The Hall–Kier alpha value is -3.87. The van der Waals surface area contributed by atoms with Crippen molar-refractivity contribution in [3.8, 4) is 11.5 Å².